The number of sulfonamides is 1. The van der Waals surface area contributed by atoms with Crippen LogP contribution in [0.4, 0.5) is 0 Å². The molecule has 2 aliphatic rings. The van der Waals surface area contributed by atoms with E-state index in [-0.39, 0.29) is 0 Å². The van der Waals surface area contributed by atoms with Crippen molar-refractivity contribution < 1.29 is 8.42 Å². The van der Waals surface area contributed by atoms with Gasteiger partial charge in [0.1, 0.15) is 0 Å². The number of allylic oxidation sites excluding steroid dienone is 1. The summed E-state index contributed by atoms with van der Waals surface area (Å²) >= 11 is 0. The molecule has 166 valence electrons. The van der Waals surface area contributed by atoms with E-state index in [1.165, 1.54) is 0 Å². The molecule has 2 aromatic heterocycles. The van der Waals surface area contributed by atoms with E-state index < -0.39 is 10.0 Å². The van der Waals surface area contributed by atoms with Gasteiger partial charge in [-0.2, -0.15) is 4.31 Å². The molecule has 1 aliphatic heterocycles. The Bertz CT molecular complexity index is 1530. The molecule has 0 bridgehead atoms. The third kappa shape index (κ3) is 3.39. The van der Waals surface area contributed by atoms with Gasteiger partial charge in [0.2, 0.25) is 10.0 Å². The normalized spacial score (nSPS) is 16.3. The van der Waals surface area contributed by atoms with Gasteiger partial charge in [-0.05, 0) is 59.9 Å². The second kappa shape index (κ2) is 7.64. The molecule has 1 fully saturated rings. The molecule has 0 amide bonds. The van der Waals surface area contributed by atoms with Crippen LogP contribution in [-0.4, -0.2) is 40.3 Å². The summed E-state index contributed by atoms with van der Waals surface area (Å²) in [5.74, 6) is 0. The summed E-state index contributed by atoms with van der Waals surface area (Å²) in [5.41, 5.74) is 8.27. The molecule has 1 aliphatic carbocycles. The molecule has 4 aromatic rings. The Morgan fingerprint density at radius 1 is 0.909 bits per heavy atom. The zero-order chi connectivity index (χ0) is 22.6. The molecular formula is C26H24N4O2S. The summed E-state index contributed by atoms with van der Waals surface area (Å²) in [6, 6.07) is 15.7. The van der Waals surface area contributed by atoms with E-state index >= 15 is 0 Å². The summed E-state index contributed by atoms with van der Waals surface area (Å²) in [4.78, 5) is 9.49. The minimum atomic E-state index is -3.46. The lowest BCUT2D eigenvalue weighted by molar-refractivity contribution is 0.477. The predicted molar refractivity (Wildman–Crippen MR) is 129 cm³/mol. The summed E-state index contributed by atoms with van der Waals surface area (Å²) in [6.45, 7) is 1.20. The topological polar surface area (TPSA) is 68.1 Å². The van der Waals surface area contributed by atoms with Gasteiger partial charge in [-0.3, -0.25) is 4.98 Å². The molecule has 3 heterocycles. The second-order valence-corrected chi connectivity index (χ2v) is 10.7. The van der Waals surface area contributed by atoms with Crippen LogP contribution < -0.4 is 0 Å². The zero-order valence-electron chi connectivity index (χ0n) is 18.4. The molecule has 1 saturated heterocycles. The van der Waals surface area contributed by atoms with Gasteiger partial charge in [0.05, 0.1) is 28.0 Å². The molecule has 6 nitrogen and oxygen atoms in total. The highest BCUT2D eigenvalue weighted by molar-refractivity contribution is 7.89. The Balaban J connectivity index is 1.38. The van der Waals surface area contributed by atoms with Gasteiger partial charge in [0, 0.05) is 43.9 Å². The van der Waals surface area contributed by atoms with Crippen molar-refractivity contribution in [2.24, 2.45) is 7.05 Å². The number of fused-ring (bicyclic) bond motifs is 2. The minimum absolute atomic E-state index is 0.347. The van der Waals surface area contributed by atoms with Gasteiger partial charge in [-0.1, -0.05) is 24.3 Å². The van der Waals surface area contributed by atoms with Gasteiger partial charge < -0.3 is 4.57 Å². The van der Waals surface area contributed by atoms with Crippen LogP contribution in [-0.2, 0) is 23.5 Å². The van der Waals surface area contributed by atoms with Crippen molar-refractivity contribution in [2.75, 3.05) is 13.1 Å². The van der Waals surface area contributed by atoms with E-state index in [4.69, 9.17) is 4.98 Å². The van der Waals surface area contributed by atoms with Crippen molar-refractivity contribution in [2.45, 2.75) is 24.2 Å². The van der Waals surface area contributed by atoms with Crippen LogP contribution in [0, 0.1) is 0 Å². The standard InChI is InChI=1S/C26H24N4O2S/c1-29-17-28-25-9-7-19(15-26(25)29)22-8-10-24-23(22)14-20(16-27-24)18-5-4-6-21(13-18)33(31,32)30-11-2-3-12-30/h4-9,13-17H,2-3,10-12H2,1H3. The minimum Gasteiger partial charge on any atom is -0.334 e. The molecule has 33 heavy (non-hydrogen) atoms. The molecule has 0 N–H and O–H groups in total. The lowest BCUT2D eigenvalue weighted by atomic mass is 9.97. The average Bonchev–Trinajstić information content (AvgIpc) is 3.59. The van der Waals surface area contributed by atoms with Gasteiger partial charge in [0.25, 0.3) is 0 Å². The molecule has 2 aromatic carbocycles. The summed E-state index contributed by atoms with van der Waals surface area (Å²) in [7, 11) is -1.46. The number of hydrogen-bond donors (Lipinski definition) is 0. The van der Waals surface area contributed by atoms with Gasteiger partial charge in [-0.15, -0.1) is 0 Å². The fourth-order valence-corrected chi connectivity index (χ4v) is 6.40. The van der Waals surface area contributed by atoms with Gasteiger partial charge >= 0.3 is 0 Å². The highest BCUT2D eigenvalue weighted by Crippen LogP contribution is 2.36. The van der Waals surface area contributed by atoms with Gasteiger partial charge in [0.15, 0.2) is 0 Å². The second-order valence-electron chi connectivity index (χ2n) is 8.74. The van der Waals surface area contributed by atoms with Crippen molar-refractivity contribution >= 4 is 26.6 Å². The Hall–Kier alpha value is -3.29. The fraction of sp³-hybridized carbons (Fsp3) is 0.231. The lowest BCUT2D eigenvalue weighted by Crippen LogP contribution is -2.27. The van der Waals surface area contributed by atoms with E-state index in [9.17, 15) is 8.42 Å². The molecule has 0 unspecified atom stereocenters. The third-order valence-electron chi connectivity index (χ3n) is 6.67. The number of pyridine rings is 1. The van der Waals surface area contributed by atoms with Crippen molar-refractivity contribution in [1.29, 1.82) is 0 Å². The number of benzene rings is 2. The van der Waals surface area contributed by atoms with Crippen LogP contribution in [0.1, 0.15) is 29.7 Å². The van der Waals surface area contributed by atoms with Crippen LogP contribution in [0.15, 0.2) is 72.0 Å². The molecule has 6 rings (SSSR count). The molecule has 0 radical (unpaired) electrons. The third-order valence-corrected chi connectivity index (χ3v) is 8.56. The maximum atomic E-state index is 13.0. The average molecular weight is 457 g/mol. The highest BCUT2D eigenvalue weighted by Gasteiger charge is 2.27. The quantitative estimate of drug-likeness (QED) is 0.456. The van der Waals surface area contributed by atoms with Crippen molar-refractivity contribution in [3.05, 3.63) is 84.0 Å². The first-order valence-electron chi connectivity index (χ1n) is 11.2. The fourth-order valence-electron chi connectivity index (χ4n) is 4.84. The summed E-state index contributed by atoms with van der Waals surface area (Å²) < 4.78 is 29.7. The van der Waals surface area contributed by atoms with Crippen LogP contribution in [0.5, 0.6) is 0 Å². The number of nitrogens with zero attached hydrogens (tertiary/aromatic N) is 4. The van der Waals surface area contributed by atoms with E-state index in [2.05, 4.69) is 29.3 Å². The van der Waals surface area contributed by atoms with Crippen LogP contribution in [0.25, 0.3) is 27.7 Å². The summed E-state index contributed by atoms with van der Waals surface area (Å²) in [5, 5.41) is 0. The Morgan fingerprint density at radius 3 is 2.61 bits per heavy atom. The van der Waals surface area contributed by atoms with Gasteiger partial charge in [-0.25, -0.2) is 13.4 Å². The maximum Gasteiger partial charge on any atom is 0.243 e. The van der Waals surface area contributed by atoms with Crippen molar-refractivity contribution in [1.82, 2.24) is 18.8 Å². The molecule has 0 spiro atoms. The summed E-state index contributed by atoms with van der Waals surface area (Å²) in [6.07, 6.45) is 8.53. The number of hydrogen-bond acceptors (Lipinski definition) is 4. The predicted octanol–water partition coefficient (Wildman–Crippen LogP) is 4.41. The molecular weight excluding hydrogens is 432 g/mol. The Morgan fingerprint density at radius 2 is 1.76 bits per heavy atom. The number of rotatable bonds is 4. The van der Waals surface area contributed by atoms with Crippen LogP contribution in [0.2, 0.25) is 0 Å². The van der Waals surface area contributed by atoms with E-state index in [0.29, 0.717) is 18.0 Å². The van der Waals surface area contributed by atoms with Crippen LogP contribution >= 0.6 is 0 Å². The first-order valence-corrected chi connectivity index (χ1v) is 12.7. The highest BCUT2D eigenvalue weighted by atomic mass is 32.2. The monoisotopic (exact) mass is 456 g/mol. The largest absolute Gasteiger partial charge is 0.334 e. The van der Waals surface area contributed by atoms with E-state index in [0.717, 1.165) is 63.8 Å². The molecule has 0 saturated carbocycles. The number of aromatic nitrogens is 3. The zero-order valence-corrected chi connectivity index (χ0v) is 19.2. The molecule has 7 heteroatoms. The first-order chi connectivity index (χ1) is 16.0. The Kier molecular flexibility index (Phi) is 4.71. The first kappa shape index (κ1) is 20.3. The number of imidazole rings is 1. The molecule has 0 atom stereocenters. The SMILES string of the molecule is Cn1cnc2ccc(C3=CCc4ncc(-c5cccc(S(=O)(=O)N6CCCC6)c5)cc43)cc21. The maximum absolute atomic E-state index is 13.0. The lowest BCUT2D eigenvalue weighted by Gasteiger charge is -2.16. The van der Waals surface area contributed by atoms with E-state index in [1.807, 2.05) is 42.3 Å². The smallest absolute Gasteiger partial charge is 0.243 e. The number of aryl methyl sites for hydroxylation is 1. The van der Waals surface area contributed by atoms with Crippen molar-refractivity contribution in [3.63, 3.8) is 0 Å². The van der Waals surface area contributed by atoms with Crippen LogP contribution in [0.3, 0.4) is 0 Å². The van der Waals surface area contributed by atoms with Crippen molar-refractivity contribution in [3.8, 4) is 11.1 Å². The Labute approximate surface area is 193 Å². The van der Waals surface area contributed by atoms with E-state index in [1.54, 1.807) is 16.4 Å².